The molecular weight excluding hydrogens is 307 g/mol. The number of rotatable bonds is 10. The molecule has 0 aliphatic carbocycles. The van der Waals surface area contributed by atoms with E-state index in [1.54, 1.807) is 7.11 Å². The van der Waals surface area contributed by atoms with Crippen molar-refractivity contribution in [2.45, 2.75) is 25.8 Å². The van der Waals surface area contributed by atoms with E-state index in [9.17, 15) is 0 Å². The molecule has 0 saturated heterocycles. The Labute approximate surface area is 138 Å². The summed E-state index contributed by atoms with van der Waals surface area (Å²) in [6.45, 7) is 5.79. The Bertz CT molecular complexity index is 415. The van der Waals surface area contributed by atoms with Crippen LogP contribution in [0.5, 0.6) is 0 Å². The minimum atomic E-state index is 0.223. The van der Waals surface area contributed by atoms with E-state index < -0.39 is 0 Å². The summed E-state index contributed by atoms with van der Waals surface area (Å²) in [4.78, 5) is 2.27. The molecule has 0 heterocycles. The van der Waals surface area contributed by atoms with Gasteiger partial charge in [0, 0.05) is 19.7 Å². The first-order valence-corrected chi connectivity index (χ1v) is 8.20. The van der Waals surface area contributed by atoms with Gasteiger partial charge >= 0.3 is 0 Å². The van der Waals surface area contributed by atoms with Crippen LogP contribution < -0.4 is 5.32 Å². The van der Waals surface area contributed by atoms with Gasteiger partial charge in [-0.15, -0.1) is 0 Å². The zero-order valence-electron chi connectivity index (χ0n) is 13.2. The topological polar surface area (TPSA) is 24.5 Å². The van der Waals surface area contributed by atoms with E-state index in [4.69, 9.17) is 27.9 Å². The van der Waals surface area contributed by atoms with Crippen molar-refractivity contribution in [3.63, 3.8) is 0 Å². The van der Waals surface area contributed by atoms with Crippen molar-refractivity contribution in [1.82, 2.24) is 10.2 Å². The Morgan fingerprint density at radius 3 is 2.71 bits per heavy atom. The third-order valence-corrected chi connectivity index (χ3v) is 4.31. The molecule has 3 nitrogen and oxygen atoms in total. The van der Waals surface area contributed by atoms with Gasteiger partial charge in [0.25, 0.3) is 0 Å². The van der Waals surface area contributed by atoms with Crippen molar-refractivity contribution in [2.24, 2.45) is 0 Å². The number of halogens is 2. The Kier molecular flexibility index (Phi) is 9.29. The van der Waals surface area contributed by atoms with Gasteiger partial charge in [0.15, 0.2) is 0 Å². The van der Waals surface area contributed by atoms with Crippen molar-refractivity contribution in [1.29, 1.82) is 0 Å². The molecular formula is C16H26Cl2N2O. The van der Waals surface area contributed by atoms with Gasteiger partial charge < -0.3 is 15.0 Å². The highest BCUT2D eigenvalue weighted by Gasteiger charge is 2.16. The van der Waals surface area contributed by atoms with Crippen molar-refractivity contribution in [3.05, 3.63) is 33.8 Å². The third kappa shape index (κ3) is 6.54. The number of nitrogens with one attached hydrogen (secondary N) is 1. The molecule has 1 N–H and O–H groups in total. The SMILES string of the molecule is CCCNC(CCN(C)CCOC)c1cccc(Cl)c1Cl. The lowest BCUT2D eigenvalue weighted by atomic mass is 10.0. The van der Waals surface area contributed by atoms with Crippen LogP contribution in [-0.2, 0) is 4.74 Å². The van der Waals surface area contributed by atoms with Gasteiger partial charge in [-0.1, -0.05) is 42.3 Å². The minimum Gasteiger partial charge on any atom is -0.383 e. The molecule has 0 aliphatic rings. The van der Waals surface area contributed by atoms with E-state index in [1.807, 2.05) is 12.1 Å². The first-order chi connectivity index (χ1) is 10.1. The van der Waals surface area contributed by atoms with Gasteiger partial charge in [-0.05, 0) is 44.6 Å². The fourth-order valence-electron chi connectivity index (χ4n) is 2.18. The molecule has 0 saturated carbocycles. The number of benzene rings is 1. The van der Waals surface area contributed by atoms with Gasteiger partial charge in [0.05, 0.1) is 16.7 Å². The summed E-state index contributed by atoms with van der Waals surface area (Å²) in [7, 11) is 3.83. The standard InChI is InChI=1S/C16H26Cl2N2O/c1-4-9-19-15(8-10-20(2)11-12-21-3)13-6-5-7-14(17)16(13)18/h5-7,15,19H,4,8-12H2,1-3H3. The lowest BCUT2D eigenvalue weighted by molar-refractivity contribution is 0.158. The molecule has 0 amide bonds. The van der Waals surface area contributed by atoms with Gasteiger partial charge in [0.2, 0.25) is 0 Å². The van der Waals surface area contributed by atoms with E-state index in [0.717, 1.165) is 44.6 Å². The third-order valence-electron chi connectivity index (χ3n) is 3.47. The molecule has 0 bridgehead atoms. The smallest absolute Gasteiger partial charge is 0.0640 e. The summed E-state index contributed by atoms with van der Waals surface area (Å²) in [5.41, 5.74) is 1.08. The lowest BCUT2D eigenvalue weighted by Crippen LogP contribution is -2.29. The molecule has 0 radical (unpaired) electrons. The van der Waals surface area contributed by atoms with E-state index in [2.05, 4.69) is 30.3 Å². The number of hydrogen-bond acceptors (Lipinski definition) is 3. The maximum Gasteiger partial charge on any atom is 0.0640 e. The summed E-state index contributed by atoms with van der Waals surface area (Å²) >= 11 is 12.5. The Balaban J connectivity index is 2.69. The van der Waals surface area contributed by atoms with E-state index in [-0.39, 0.29) is 6.04 Å². The van der Waals surface area contributed by atoms with Gasteiger partial charge in [-0.3, -0.25) is 0 Å². The van der Waals surface area contributed by atoms with Gasteiger partial charge in [0.1, 0.15) is 0 Å². The highest BCUT2D eigenvalue weighted by Crippen LogP contribution is 2.31. The van der Waals surface area contributed by atoms with Crippen LogP contribution in [-0.4, -0.2) is 45.3 Å². The summed E-state index contributed by atoms with van der Waals surface area (Å²) in [5.74, 6) is 0. The van der Waals surface area contributed by atoms with Crippen LogP contribution in [0.15, 0.2) is 18.2 Å². The normalized spacial score (nSPS) is 12.9. The van der Waals surface area contributed by atoms with Crippen molar-refractivity contribution in [2.75, 3.05) is 40.4 Å². The monoisotopic (exact) mass is 332 g/mol. The average Bonchev–Trinajstić information content (AvgIpc) is 2.48. The Hall–Kier alpha value is -0.320. The molecule has 1 aromatic rings. The van der Waals surface area contributed by atoms with Crippen LogP contribution in [0.1, 0.15) is 31.4 Å². The summed E-state index contributed by atoms with van der Waals surface area (Å²) in [5, 5.41) is 4.84. The lowest BCUT2D eigenvalue weighted by Gasteiger charge is -2.24. The molecule has 1 rings (SSSR count). The Morgan fingerprint density at radius 1 is 1.29 bits per heavy atom. The van der Waals surface area contributed by atoms with Crippen LogP contribution >= 0.6 is 23.2 Å². The van der Waals surface area contributed by atoms with Gasteiger partial charge in [-0.2, -0.15) is 0 Å². The maximum absolute atomic E-state index is 6.36. The second kappa shape index (κ2) is 10.4. The molecule has 120 valence electrons. The summed E-state index contributed by atoms with van der Waals surface area (Å²) in [6.07, 6.45) is 2.08. The Morgan fingerprint density at radius 2 is 2.05 bits per heavy atom. The molecule has 0 fully saturated rings. The predicted molar refractivity (Wildman–Crippen MR) is 91.5 cm³/mol. The van der Waals surface area contributed by atoms with Crippen molar-refractivity contribution in [3.8, 4) is 0 Å². The van der Waals surface area contributed by atoms with Gasteiger partial charge in [-0.25, -0.2) is 0 Å². The first-order valence-electron chi connectivity index (χ1n) is 7.44. The van der Waals surface area contributed by atoms with E-state index >= 15 is 0 Å². The molecule has 0 spiro atoms. The van der Waals surface area contributed by atoms with Crippen LogP contribution in [0.4, 0.5) is 0 Å². The van der Waals surface area contributed by atoms with Crippen molar-refractivity contribution < 1.29 is 4.74 Å². The van der Waals surface area contributed by atoms with Crippen LogP contribution in [0.25, 0.3) is 0 Å². The second-order valence-electron chi connectivity index (χ2n) is 5.23. The molecule has 1 unspecified atom stereocenters. The fourth-order valence-corrected chi connectivity index (χ4v) is 2.62. The summed E-state index contributed by atoms with van der Waals surface area (Å²) in [6, 6.07) is 6.06. The average molecular weight is 333 g/mol. The first kappa shape index (κ1) is 18.7. The highest BCUT2D eigenvalue weighted by molar-refractivity contribution is 6.42. The molecule has 1 atom stereocenters. The van der Waals surface area contributed by atoms with Crippen LogP contribution in [0.3, 0.4) is 0 Å². The molecule has 0 aliphatic heterocycles. The number of likely N-dealkylation sites (N-methyl/N-ethyl adjacent to an activating group) is 1. The fraction of sp³-hybridized carbons (Fsp3) is 0.625. The minimum absolute atomic E-state index is 0.223. The van der Waals surface area contributed by atoms with E-state index in [0.29, 0.717) is 10.0 Å². The quantitative estimate of drug-likeness (QED) is 0.700. The highest BCUT2D eigenvalue weighted by atomic mass is 35.5. The number of nitrogens with zero attached hydrogens (tertiary/aromatic N) is 1. The predicted octanol–water partition coefficient (Wildman–Crippen LogP) is 4.00. The number of methoxy groups -OCH3 is 1. The maximum atomic E-state index is 6.36. The molecule has 5 heteroatoms. The number of ether oxygens (including phenoxy) is 1. The molecule has 1 aromatic carbocycles. The van der Waals surface area contributed by atoms with Crippen LogP contribution in [0, 0.1) is 0 Å². The second-order valence-corrected chi connectivity index (χ2v) is 6.02. The zero-order valence-corrected chi connectivity index (χ0v) is 14.7. The van der Waals surface area contributed by atoms with Crippen molar-refractivity contribution >= 4 is 23.2 Å². The van der Waals surface area contributed by atoms with Crippen LogP contribution in [0.2, 0.25) is 10.0 Å². The largest absolute Gasteiger partial charge is 0.383 e. The summed E-state index contributed by atoms with van der Waals surface area (Å²) < 4.78 is 5.11. The number of hydrogen-bond donors (Lipinski definition) is 1. The van der Waals surface area contributed by atoms with E-state index in [1.165, 1.54) is 0 Å². The molecule has 0 aromatic heterocycles. The molecule has 21 heavy (non-hydrogen) atoms. The zero-order chi connectivity index (χ0) is 15.7.